The molecule has 0 bridgehead atoms. The van der Waals surface area contributed by atoms with E-state index in [2.05, 4.69) is 32.9 Å². The van der Waals surface area contributed by atoms with Crippen LogP contribution >= 0.6 is 11.6 Å². The largest absolute Gasteiger partial charge is 0.507 e. The van der Waals surface area contributed by atoms with Crippen molar-refractivity contribution < 1.29 is 20.1 Å². The minimum absolute atomic E-state index is 0.0359. The molecule has 0 spiro atoms. The van der Waals surface area contributed by atoms with Gasteiger partial charge in [-0.05, 0) is 72.3 Å². The number of allylic oxidation sites excluding steroid dienone is 6. The molecule has 154 valence electrons. The Bertz CT molecular complexity index is 813. The van der Waals surface area contributed by atoms with Gasteiger partial charge in [-0.15, -0.1) is 0 Å². The Morgan fingerprint density at radius 2 is 1.46 bits per heavy atom. The van der Waals surface area contributed by atoms with Crippen molar-refractivity contribution in [2.75, 3.05) is 0 Å². The molecule has 0 unspecified atom stereocenters. The summed E-state index contributed by atoms with van der Waals surface area (Å²) in [7, 11) is 0. The van der Waals surface area contributed by atoms with Crippen molar-refractivity contribution in [2.24, 2.45) is 0 Å². The van der Waals surface area contributed by atoms with Gasteiger partial charge in [0.05, 0.1) is 5.02 Å². The average molecular weight is 407 g/mol. The van der Waals surface area contributed by atoms with Gasteiger partial charge in [0.25, 0.3) is 0 Å². The summed E-state index contributed by atoms with van der Waals surface area (Å²) in [4.78, 5) is 11.4. The number of rotatable bonds is 9. The van der Waals surface area contributed by atoms with Crippen LogP contribution in [0.4, 0.5) is 0 Å². The van der Waals surface area contributed by atoms with E-state index in [4.69, 9.17) is 11.6 Å². The van der Waals surface area contributed by atoms with Crippen LogP contribution in [-0.4, -0.2) is 21.3 Å². The van der Waals surface area contributed by atoms with Gasteiger partial charge < -0.3 is 15.3 Å². The maximum absolute atomic E-state index is 11.4. The Morgan fingerprint density at radius 3 is 2.00 bits per heavy atom. The van der Waals surface area contributed by atoms with E-state index >= 15 is 0 Å². The quantitative estimate of drug-likeness (QED) is 0.398. The number of phenolic OH excluding ortho intramolecular Hbond substituents is 1. The van der Waals surface area contributed by atoms with E-state index in [1.54, 1.807) is 0 Å². The van der Waals surface area contributed by atoms with E-state index in [0.717, 1.165) is 31.3 Å². The topological polar surface area (TPSA) is 77.8 Å². The van der Waals surface area contributed by atoms with E-state index in [1.807, 2.05) is 13.0 Å². The van der Waals surface area contributed by atoms with Crippen LogP contribution in [0.1, 0.15) is 74.9 Å². The van der Waals surface area contributed by atoms with Crippen LogP contribution in [0, 0.1) is 6.92 Å². The number of halogens is 1. The molecule has 4 nitrogen and oxygen atoms in total. The lowest BCUT2D eigenvalue weighted by molar-refractivity contribution is 0.0692. The lowest BCUT2D eigenvalue weighted by atomic mass is 9.98. The number of hydrogen-bond donors (Lipinski definition) is 3. The van der Waals surface area contributed by atoms with Gasteiger partial charge in [0.1, 0.15) is 17.1 Å². The number of aromatic carboxylic acids is 1. The van der Waals surface area contributed by atoms with Crippen molar-refractivity contribution >= 4 is 17.6 Å². The maximum Gasteiger partial charge on any atom is 0.339 e. The molecule has 1 aromatic rings. The van der Waals surface area contributed by atoms with Crippen LogP contribution in [0.15, 0.2) is 34.9 Å². The van der Waals surface area contributed by atoms with E-state index < -0.39 is 11.7 Å². The molecule has 0 aliphatic carbocycles. The highest BCUT2D eigenvalue weighted by Gasteiger charge is 2.23. The van der Waals surface area contributed by atoms with Crippen LogP contribution in [0.2, 0.25) is 5.02 Å². The lowest BCUT2D eigenvalue weighted by Crippen LogP contribution is -2.04. The van der Waals surface area contributed by atoms with Crippen molar-refractivity contribution in [3.63, 3.8) is 0 Å². The van der Waals surface area contributed by atoms with Gasteiger partial charge >= 0.3 is 5.97 Å². The van der Waals surface area contributed by atoms with Crippen molar-refractivity contribution in [3.05, 3.63) is 56.7 Å². The second-order valence-electron chi connectivity index (χ2n) is 7.46. The molecule has 0 fully saturated rings. The first-order valence-electron chi connectivity index (χ1n) is 9.47. The Morgan fingerprint density at radius 1 is 0.929 bits per heavy atom. The molecule has 0 heterocycles. The Hall–Kier alpha value is -2.20. The first kappa shape index (κ1) is 23.8. The fourth-order valence-electron chi connectivity index (χ4n) is 2.93. The number of hydrogen-bond acceptors (Lipinski definition) is 3. The van der Waals surface area contributed by atoms with E-state index in [1.165, 1.54) is 18.1 Å². The highest BCUT2D eigenvalue weighted by molar-refractivity contribution is 6.33. The second-order valence-corrected chi connectivity index (χ2v) is 7.84. The lowest BCUT2D eigenvalue weighted by Gasteiger charge is -2.13. The molecular weight excluding hydrogens is 376 g/mol. The molecule has 0 aromatic heterocycles. The average Bonchev–Trinajstić information content (AvgIpc) is 2.59. The van der Waals surface area contributed by atoms with E-state index in [-0.39, 0.29) is 33.9 Å². The molecule has 0 aliphatic heterocycles. The first-order chi connectivity index (χ1) is 13.1. The Labute approximate surface area is 172 Å². The molecule has 0 saturated carbocycles. The second kappa shape index (κ2) is 11.0. The summed E-state index contributed by atoms with van der Waals surface area (Å²) in [5, 5.41) is 29.8. The van der Waals surface area contributed by atoms with E-state index in [9.17, 15) is 20.1 Å². The zero-order valence-corrected chi connectivity index (χ0v) is 18.2. The van der Waals surface area contributed by atoms with Crippen LogP contribution in [0.3, 0.4) is 0 Å². The van der Waals surface area contributed by atoms with Crippen LogP contribution < -0.4 is 0 Å². The number of aromatic hydroxyl groups is 2. The number of carbonyl (C=O) groups is 1. The molecule has 0 amide bonds. The summed E-state index contributed by atoms with van der Waals surface area (Å²) in [6.45, 7) is 9.78. The van der Waals surface area contributed by atoms with Gasteiger partial charge in [-0.3, -0.25) is 0 Å². The number of benzene rings is 1. The third-order valence-corrected chi connectivity index (χ3v) is 5.17. The normalized spacial score (nSPS) is 12.2. The molecule has 5 heteroatoms. The summed E-state index contributed by atoms with van der Waals surface area (Å²) in [6, 6.07) is 0. The SMILES string of the molecule is CC(C)=CCCC(C)=CCCC(C)=CCc1c(O)c(Cl)c(C)c(C(=O)O)c1O. The van der Waals surface area contributed by atoms with Crippen molar-refractivity contribution in [2.45, 2.75) is 66.7 Å². The van der Waals surface area contributed by atoms with Gasteiger partial charge in [0.2, 0.25) is 0 Å². The maximum atomic E-state index is 11.4. The van der Waals surface area contributed by atoms with Crippen LogP contribution in [0.5, 0.6) is 11.5 Å². The molecule has 0 radical (unpaired) electrons. The predicted octanol–water partition coefficient (Wildman–Crippen LogP) is 6.72. The number of carboxylic acid groups (broad SMARTS) is 1. The molecular formula is C23H31ClO4. The molecule has 3 N–H and O–H groups in total. The number of carboxylic acids is 1. The fraction of sp³-hybridized carbons (Fsp3) is 0.435. The standard InChI is InChI=1S/C23H31ClO4/c1-14(2)8-6-9-15(3)10-7-11-16(4)12-13-18-21(25)19(23(27)28)17(5)20(24)22(18)26/h8,10,12,25-26H,6-7,9,11,13H2,1-5H3,(H,27,28). The van der Waals surface area contributed by atoms with Crippen LogP contribution in [-0.2, 0) is 6.42 Å². The summed E-state index contributed by atoms with van der Waals surface area (Å²) >= 11 is 6.04. The third-order valence-electron chi connectivity index (χ3n) is 4.71. The molecule has 1 rings (SSSR count). The molecule has 1 aromatic carbocycles. The third kappa shape index (κ3) is 6.75. The minimum atomic E-state index is -1.27. The van der Waals surface area contributed by atoms with E-state index in [0.29, 0.717) is 0 Å². The van der Waals surface area contributed by atoms with Gasteiger partial charge in [-0.1, -0.05) is 46.5 Å². The first-order valence-corrected chi connectivity index (χ1v) is 9.84. The highest BCUT2D eigenvalue weighted by Crippen LogP contribution is 2.41. The number of phenols is 2. The molecule has 0 atom stereocenters. The zero-order chi connectivity index (χ0) is 21.4. The van der Waals surface area contributed by atoms with Gasteiger partial charge in [-0.25, -0.2) is 4.79 Å². The molecule has 0 saturated heterocycles. The zero-order valence-electron chi connectivity index (χ0n) is 17.4. The molecule has 0 aliphatic rings. The van der Waals surface area contributed by atoms with Gasteiger partial charge in [0.15, 0.2) is 0 Å². The Balaban J connectivity index is 2.81. The van der Waals surface area contributed by atoms with Crippen molar-refractivity contribution in [3.8, 4) is 11.5 Å². The Kier molecular flexibility index (Phi) is 9.33. The predicted molar refractivity (Wildman–Crippen MR) is 116 cm³/mol. The molecule has 28 heavy (non-hydrogen) atoms. The summed E-state index contributed by atoms with van der Waals surface area (Å²) in [5.74, 6) is -1.96. The van der Waals surface area contributed by atoms with Gasteiger partial charge in [-0.2, -0.15) is 0 Å². The van der Waals surface area contributed by atoms with Gasteiger partial charge in [0, 0.05) is 5.56 Å². The monoisotopic (exact) mass is 406 g/mol. The summed E-state index contributed by atoms with van der Waals surface area (Å²) in [6.07, 6.45) is 10.4. The highest BCUT2D eigenvalue weighted by atomic mass is 35.5. The fourth-order valence-corrected chi connectivity index (χ4v) is 3.14. The summed E-state index contributed by atoms with van der Waals surface area (Å²) < 4.78 is 0. The van der Waals surface area contributed by atoms with Crippen molar-refractivity contribution in [1.29, 1.82) is 0 Å². The smallest absolute Gasteiger partial charge is 0.339 e. The van der Waals surface area contributed by atoms with Crippen LogP contribution in [0.25, 0.3) is 0 Å². The summed E-state index contributed by atoms with van der Waals surface area (Å²) in [5.41, 5.74) is 3.82. The minimum Gasteiger partial charge on any atom is -0.507 e. The van der Waals surface area contributed by atoms with Crippen molar-refractivity contribution in [1.82, 2.24) is 0 Å².